The Hall–Kier alpha value is -1.49. The number of benzene rings is 1. The van der Waals surface area contributed by atoms with Crippen LogP contribution in [-0.2, 0) is 16.1 Å². The van der Waals surface area contributed by atoms with Crippen LogP contribution < -0.4 is 11.1 Å². The van der Waals surface area contributed by atoms with Gasteiger partial charge in [0.25, 0.3) is 0 Å². The van der Waals surface area contributed by atoms with Gasteiger partial charge >= 0.3 is 0 Å². The highest BCUT2D eigenvalue weighted by Gasteiger charge is 2.04. The van der Waals surface area contributed by atoms with E-state index in [2.05, 4.69) is 5.32 Å². The van der Waals surface area contributed by atoms with Crippen LogP contribution >= 0.6 is 11.8 Å². The molecular weight excluding hydrogens is 236 g/mol. The maximum Gasteiger partial charge on any atom is 0.230 e. The van der Waals surface area contributed by atoms with Crippen LogP contribution in [0.4, 0.5) is 0 Å². The minimum absolute atomic E-state index is 0.0838. The standard InChI is InChI=1S/C12H16N2O2S/c1-9-4-2-3-5-10(9)6-14-12(16)8-17-7-11(13)15/h2-5H,6-8H2,1H3,(H2,13,15)(H,14,16). The molecule has 0 unspecified atom stereocenters. The second kappa shape index (κ2) is 6.96. The molecule has 0 bridgehead atoms. The number of primary amides is 1. The van der Waals surface area contributed by atoms with Crippen molar-refractivity contribution < 1.29 is 9.59 Å². The molecule has 3 N–H and O–H groups in total. The molecule has 92 valence electrons. The number of hydrogen-bond acceptors (Lipinski definition) is 3. The first-order chi connectivity index (χ1) is 8.09. The number of thioether (sulfide) groups is 1. The Kier molecular flexibility index (Phi) is 5.56. The Morgan fingerprint density at radius 2 is 2.00 bits per heavy atom. The van der Waals surface area contributed by atoms with Gasteiger partial charge in [0, 0.05) is 6.54 Å². The minimum atomic E-state index is -0.401. The zero-order valence-corrected chi connectivity index (χ0v) is 10.5. The largest absolute Gasteiger partial charge is 0.369 e. The van der Waals surface area contributed by atoms with Crippen LogP contribution in [0.1, 0.15) is 11.1 Å². The first-order valence-corrected chi connectivity index (χ1v) is 6.42. The highest BCUT2D eigenvalue weighted by molar-refractivity contribution is 8.00. The molecule has 0 aliphatic heterocycles. The van der Waals surface area contributed by atoms with Crippen molar-refractivity contribution in [2.45, 2.75) is 13.5 Å². The van der Waals surface area contributed by atoms with Crippen LogP contribution in [0.25, 0.3) is 0 Å². The third kappa shape index (κ3) is 5.40. The highest BCUT2D eigenvalue weighted by atomic mass is 32.2. The molecule has 0 aromatic heterocycles. The van der Waals surface area contributed by atoms with Gasteiger partial charge in [-0.25, -0.2) is 0 Å². The van der Waals surface area contributed by atoms with Crippen molar-refractivity contribution in [1.82, 2.24) is 5.32 Å². The number of hydrogen-bond donors (Lipinski definition) is 2. The Morgan fingerprint density at radius 3 is 2.65 bits per heavy atom. The van der Waals surface area contributed by atoms with E-state index in [1.54, 1.807) is 0 Å². The molecule has 1 rings (SSSR count). The summed E-state index contributed by atoms with van der Waals surface area (Å²) in [6, 6.07) is 7.88. The number of aryl methyl sites for hydroxylation is 1. The van der Waals surface area contributed by atoms with E-state index in [-0.39, 0.29) is 17.4 Å². The van der Waals surface area contributed by atoms with Crippen LogP contribution in [-0.4, -0.2) is 23.3 Å². The molecule has 0 radical (unpaired) electrons. The van der Waals surface area contributed by atoms with E-state index in [0.29, 0.717) is 6.54 Å². The van der Waals surface area contributed by atoms with Crippen molar-refractivity contribution in [2.75, 3.05) is 11.5 Å². The SMILES string of the molecule is Cc1ccccc1CNC(=O)CSCC(N)=O. The summed E-state index contributed by atoms with van der Waals surface area (Å²) in [5, 5.41) is 2.80. The lowest BCUT2D eigenvalue weighted by Crippen LogP contribution is -2.26. The molecule has 0 fully saturated rings. The fourth-order valence-electron chi connectivity index (χ4n) is 1.30. The van der Waals surface area contributed by atoms with Crippen molar-refractivity contribution in [3.05, 3.63) is 35.4 Å². The van der Waals surface area contributed by atoms with Crippen LogP contribution in [0.5, 0.6) is 0 Å². The van der Waals surface area contributed by atoms with E-state index >= 15 is 0 Å². The number of amides is 2. The molecule has 0 aliphatic rings. The molecule has 1 aromatic rings. The zero-order valence-electron chi connectivity index (χ0n) is 9.73. The molecule has 0 atom stereocenters. The Balaban J connectivity index is 2.29. The van der Waals surface area contributed by atoms with Gasteiger partial charge in [0.15, 0.2) is 0 Å². The molecule has 0 saturated heterocycles. The van der Waals surface area contributed by atoms with Gasteiger partial charge in [-0.05, 0) is 18.1 Å². The summed E-state index contributed by atoms with van der Waals surface area (Å²) in [7, 11) is 0. The van der Waals surface area contributed by atoms with Crippen molar-refractivity contribution in [2.24, 2.45) is 5.73 Å². The maximum absolute atomic E-state index is 11.4. The molecule has 5 heteroatoms. The first kappa shape index (κ1) is 13.6. The first-order valence-electron chi connectivity index (χ1n) is 5.27. The third-order valence-corrected chi connectivity index (χ3v) is 3.17. The normalized spacial score (nSPS) is 9.94. The molecule has 1 aromatic carbocycles. The third-order valence-electron chi connectivity index (χ3n) is 2.21. The second-order valence-electron chi connectivity index (χ2n) is 3.66. The van der Waals surface area contributed by atoms with Crippen LogP contribution in [0.15, 0.2) is 24.3 Å². The molecule has 0 aliphatic carbocycles. The minimum Gasteiger partial charge on any atom is -0.369 e. The molecule has 0 heterocycles. The summed E-state index contributed by atoms with van der Waals surface area (Å²) >= 11 is 1.22. The summed E-state index contributed by atoms with van der Waals surface area (Å²) in [6.45, 7) is 2.52. The average molecular weight is 252 g/mol. The number of carbonyl (C=O) groups excluding carboxylic acids is 2. The molecular formula is C12H16N2O2S. The van der Waals surface area contributed by atoms with Crippen LogP contribution in [0.2, 0.25) is 0 Å². The summed E-state index contributed by atoms with van der Waals surface area (Å²) < 4.78 is 0. The Labute approximate surface area is 105 Å². The van der Waals surface area contributed by atoms with Crippen molar-refractivity contribution in [3.8, 4) is 0 Å². The number of nitrogens with two attached hydrogens (primary N) is 1. The van der Waals surface area contributed by atoms with Gasteiger partial charge in [0.2, 0.25) is 11.8 Å². The molecule has 17 heavy (non-hydrogen) atoms. The Bertz CT molecular complexity index is 407. The van der Waals surface area contributed by atoms with Gasteiger partial charge < -0.3 is 11.1 Å². The smallest absolute Gasteiger partial charge is 0.230 e. The molecule has 4 nitrogen and oxygen atoms in total. The lowest BCUT2D eigenvalue weighted by Gasteiger charge is -2.07. The van der Waals surface area contributed by atoms with E-state index in [1.165, 1.54) is 11.8 Å². The van der Waals surface area contributed by atoms with Crippen molar-refractivity contribution in [3.63, 3.8) is 0 Å². The summed E-state index contributed by atoms with van der Waals surface area (Å²) in [5.41, 5.74) is 7.22. The number of carbonyl (C=O) groups is 2. The average Bonchev–Trinajstić information content (AvgIpc) is 2.27. The molecule has 0 saturated carbocycles. The molecule has 0 spiro atoms. The number of rotatable bonds is 6. The zero-order chi connectivity index (χ0) is 12.7. The number of nitrogens with one attached hydrogen (secondary N) is 1. The summed E-state index contributed by atoms with van der Waals surface area (Å²) in [4.78, 5) is 21.9. The lowest BCUT2D eigenvalue weighted by molar-refractivity contribution is -0.118. The van der Waals surface area contributed by atoms with Gasteiger partial charge in [0.1, 0.15) is 0 Å². The highest BCUT2D eigenvalue weighted by Crippen LogP contribution is 2.06. The lowest BCUT2D eigenvalue weighted by atomic mass is 10.1. The van der Waals surface area contributed by atoms with Crippen molar-refractivity contribution in [1.29, 1.82) is 0 Å². The fourth-order valence-corrected chi connectivity index (χ4v) is 1.89. The monoisotopic (exact) mass is 252 g/mol. The van der Waals surface area contributed by atoms with Gasteiger partial charge in [-0.2, -0.15) is 0 Å². The topological polar surface area (TPSA) is 72.2 Å². The summed E-state index contributed by atoms with van der Waals surface area (Å²) in [6.07, 6.45) is 0. The van der Waals surface area contributed by atoms with Gasteiger partial charge in [-0.15, -0.1) is 11.8 Å². The van der Waals surface area contributed by atoms with Crippen LogP contribution in [0, 0.1) is 6.92 Å². The van der Waals surface area contributed by atoms with Crippen LogP contribution in [0.3, 0.4) is 0 Å². The fraction of sp³-hybridized carbons (Fsp3) is 0.333. The summed E-state index contributed by atoms with van der Waals surface area (Å²) in [5.74, 6) is -0.0479. The van der Waals surface area contributed by atoms with E-state index in [9.17, 15) is 9.59 Å². The predicted molar refractivity (Wildman–Crippen MR) is 69.5 cm³/mol. The van der Waals surface area contributed by atoms with E-state index in [0.717, 1.165) is 11.1 Å². The van der Waals surface area contributed by atoms with E-state index in [1.807, 2.05) is 31.2 Å². The molecule has 2 amide bonds. The van der Waals surface area contributed by atoms with Gasteiger partial charge in [0.05, 0.1) is 11.5 Å². The van der Waals surface area contributed by atoms with E-state index in [4.69, 9.17) is 5.73 Å². The second-order valence-corrected chi connectivity index (χ2v) is 4.65. The Morgan fingerprint density at radius 1 is 1.29 bits per heavy atom. The quantitative estimate of drug-likeness (QED) is 0.787. The van der Waals surface area contributed by atoms with Gasteiger partial charge in [-0.1, -0.05) is 24.3 Å². The van der Waals surface area contributed by atoms with Gasteiger partial charge in [-0.3, -0.25) is 9.59 Å². The maximum atomic E-state index is 11.4. The predicted octanol–water partition coefficient (Wildman–Crippen LogP) is 0.830. The van der Waals surface area contributed by atoms with E-state index < -0.39 is 5.91 Å². The van der Waals surface area contributed by atoms with Crippen molar-refractivity contribution >= 4 is 23.6 Å².